The van der Waals surface area contributed by atoms with Gasteiger partial charge in [-0.2, -0.15) is 0 Å². The summed E-state index contributed by atoms with van der Waals surface area (Å²) in [6.45, 7) is 7.80. The Bertz CT molecular complexity index is 744. The molecule has 0 heterocycles. The Kier molecular flexibility index (Phi) is 10.5. The standard InChI is InChI=1S/C21H25NO5.C2H6/c1-14(2)12-18(20(23)24)22-19(21(25)26)13-15-8-10-17(11-9-15)27-16-6-4-3-5-7-16;1-2/h3-11,14,18-19,22H,12-13H2,1-2H3,(H,23,24)(H,25,26);1-2H3/t18?,19-;/m0./s1. The Labute approximate surface area is 172 Å². The molecule has 6 heteroatoms. The van der Waals surface area contributed by atoms with E-state index in [1.165, 1.54) is 0 Å². The van der Waals surface area contributed by atoms with Gasteiger partial charge in [-0.15, -0.1) is 0 Å². The summed E-state index contributed by atoms with van der Waals surface area (Å²) >= 11 is 0. The number of carboxylic acids is 2. The van der Waals surface area contributed by atoms with E-state index in [9.17, 15) is 19.8 Å². The van der Waals surface area contributed by atoms with E-state index in [1.807, 2.05) is 58.0 Å². The van der Waals surface area contributed by atoms with Gasteiger partial charge in [0.05, 0.1) is 0 Å². The van der Waals surface area contributed by atoms with E-state index in [0.29, 0.717) is 17.9 Å². The van der Waals surface area contributed by atoms with Crippen LogP contribution in [0.5, 0.6) is 11.5 Å². The molecule has 6 nitrogen and oxygen atoms in total. The van der Waals surface area contributed by atoms with Crippen molar-refractivity contribution in [1.82, 2.24) is 5.32 Å². The fourth-order valence-electron chi connectivity index (χ4n) is 2.73. The number of rotatable bonds is 10. The average Bonchev–Trinajstić information content (AvgIpc) is 2.70. The summed E-state index contributed by atoms with van der Waals surface area (Å²) < 4.78 is 5.72. The number of para-hydroxylation sites is 1. The molecule has 0 aromatic heterocycles. The van der Waals surface area contributed by atoms with Crippen LogP contribution in [-0.4, -0.2) is 34.2 Å². The Hall–Kier alpha value is -2.86. The summed E-state index contributed by atoms with van der Waals surface area (Å²) in [6, 6.07) is 14.6. The van der Waals surface area contributed by atoms with Crippen LogP contribution >= 0.6 is 0 Å². The van der Waals surface area contributed by atoms with Gasteiger partial charge in [-0.3, -0.25) is 14.9 Å². The molecule has 3 N–H and O–H groups in total. The lowest BCUT2D eigenvalue weighted by atomic mass is 10.0. The number of aliphatic carboxylic acids is 2. The first-order chi connectivity index (χ1) is 13.8. The molecule has 0 aliphatic heterocycles. The largest absolute Gasteiger partial charge is 0.480 e. The van der Waals surface area contributed by atoms with Gasteiger partial charge in [-0.05, 0) is 48.6 Å². The third kappa shape index (κ3) is 8.79. The van der Waals surface area contributed by atoms with Crippen LogP contribution in [0.3, 0.4) is 0 Å². The molecule has 1 unspecified atom stereocenters. The van der Waals surface area contributed by atoms with Crippen LogP contribution in [0.1, 0.15) is 39.7 Å². The minimum absolute atomic E-state index is 0.141. The second kappa shape index (κ2) is 12.6. The van der Waals surface area contributed by atoms with E-state index in [4.69, 9.17) is 4.74 Å². The van der Waals surface area contributed by atoms with Crippen LogP contribution in [0.15, 0.2) is 54.6 Å². The van der Waals surface area contributed by atoms with Crippen LogP contribution in [0.2, 0.25) is 0 Å². The highest BCUT2D eigenvalue weighted by molar-refractivity contribution is 5.77. The number of hydrogen-bond donors (Lipinski definition) is 3. The van der Waals surface area contributed by atoms with Crippen LogP contribution in [0, 0.1) is 5.92 Å². The number of carbonyl (C=O) groups is 2. The van der Waals surface area contributed by atoms with Gasteiger partial charge in [0, 0.05) is 0 Å². The van der Waals surface area contributed by atoms with Crippen molar-refractivity contribution in [2.24, 2.45) is 5.92 Å². The van der Waals surface area contributed by atoms with Crippen LogP contribution < -0.4 is 10.1 Å². The molecule has 0 saturated carbocycles. The molecule has 2 aromatic carbocycles. The highest BCUT2D eigenvalue weighted by Crippen LogP contribution is 2.21. The first kappa shape index (κ1) is 24.2. The summed E-state index contributed by atoms with van der Waals surface area (Å²) in [4.78, 5) is 23.0. The number of carboxylic acid groups (broad SMARTS) is 2. The molecule has 0 amide bonds. The van der Waals surface area contributed by atoms with Crippen molar-refractivity contribution < 1.29 is 24.5 Å². The number of nitrogens with one attached hydrogen (secondary N) is 1. The Morgan fingerprint density at radius 1 is 0.862 bits per heavy atom. The molecular weight excluding hydrogens is 370 g/mol. The lowest BCUT2D eigenvalue weighted by molar-refractivity contribution is -0.142. The number of benzene rings is 2. The maximum atomic E-state index is 11.6. The second-order valence-electron chi connectivity index (χ2n) is 6.84. The van der Waals surface area contributed by atoms with Crippen molar-refractivity contribution in [2.75, 3.05) is 0 Å². The van der Waals surface area contributed by atoms with Crippen molar-refractivity contribution in [2.45, 2.75) is 52.6 Å². The molecule has 2 aromatic rings. The Morgan fingerprint density at radius 2 is 1.38 bits per heavy atom. The van der Waals surface area contributed by atoms with Gasteiger partial charge in [0.25, 0.3) is 0 Å². The molecule has 0 saturated heterocycles. The summed E-state index contributed by atoms with van der Waals surface area (Å²) in [7, 11) is 0. The molecule has 29 heavy (non-hydrogen) atoms. The zero-order valence-corrected chi connectivity index (χ0v) is 17.5. The molecule has 0 spiro atoms. The zero-order valence-electron chi connectivity index (χ0n) is 17.5. The van der Waals surface area contributed by atoms with E-state index in [2.05, 4.69) is 5.32 Å². The predicted octanol–water partition coefficient (Wildman–Crippen LogP) is 4.59. The van der Waals surface area contributed by atoms with E-state index >= 15 is 0 Å². The molecule has 0 fully saturated rings. The Morgan fingerprint density at radius 3 is 1.86 bits per heavy atom. The van der Waals surface area contributed by atoms with E-state index in [-0.39, 0.29) is 12.3 Å². The fourth-order valence-corrected chi connectivity index (χ4v) is 2.73. The van der Waals surface area contributed by atoms with Gasteiger partial charge in [0.1, 0.15) is 23.6 Å². The SMILES string of the molecule is CC.CC(C)CC(N[C@@H](Cc1ccc(Oc2ccccc2)cc1)C(=O)O)C(=O)O. The lowest BCUT2D eigenvalue weighted by Gasteiger charge is -2.21. The number of hydrogen-bond acceptors (Lipinski definition) is 4. The van der Waals surface area contributed by atoms with E-state index < -0.39 is 24.0 Å². The van der Waals surface area contributed by atoms with Gasteiger partial charge in [0.15, 0.2) is 0 Å². The topological polar surface area (TPSA) is 95.9 Å². The molecule has 0 aliphatic carbocycles. The van der Waals surface area contributed by atoms with Gasteiger partial charge in [0.2, 0.25) is 0 Å². The smallest absolute Gasteiger partial charge is 0.321 e. The second-order valence-corrected chi connectivity index (χ2v) is 6.84. The van der Waals surface area contributed by atoms with Crippen LogP contribution in [-0.2, 0) is 16.0 Å². The Balaban J connectivity index is 0.00000204. The molecule has 0 aliphatic rings. The van der Waals surface area contributed by atoms with Crippen LogP contribution in [0.4, 0.5) is 0 Å². The van der Waals surface area contributed by atoms with Gasteiger partial charge >= 0.3 is 11.9 Å². The third-order valence-electron chi connectivity index (χ3n) is 4.05. The predicted molar refractivity (Wildman–Crippen MR) is 113 cm³/mol. The summed E-state index contributed by atoms with van der Waals surface area (Å²) in [5.41, 5.74) is 0.781. The normalized spacial score (nSPS) is 12.4. The quantitative estimate of drug-likeness (QED) is 0.539. The lowest BCUT2D eigenvalue weighted by Crippen LogP contribution is -2.48. The van der Waals surface area contributed by atoms with Gasteiger partial charge in [-0.25, -0.2) is 0 Å². The highest BCUT2D eigenvalue weighted by Gasteiger charge is 2.26. The summed E-state index contributed by atoms with van der Waals surface area (Å²) in [5.74, 6) is -0.611. The highest BCUT2D eigenvalue weighted by atomic mass is 16.5. The van der Waals surface area contributed by atoms with Gasteiger partial charge in [-0.1, -0.05) is 58.0 Å². The van der Waals surface area contributed by atoms with Crippen molar-refractivity contribution >= 4 is 11.9 Å². The molecule has 0 bridgehead atoms. The monoisotopic (exact) mass is 401 g/mol. The van der Waals surface area contributed by atoms with Crippen molar-refractivity contribution in [3.05, 3.63) is 60.2 Å². The van der Waals surface area contributed by atoms with Crippen molar-refractivity contribution in [1.29, 1.82) is 0 Å². The van der Waals surface area contributed by atoms with Crippen molar-refractivity contribution in [3.63, 3.8) is 0 Å². The fraction of sp³-hybridized carbons (Fsp3) is 0.391. The zero-order chi connectivity index (χ0) is 21.8. The minimum Gasteiger partial charge on any atom is -0.480 e. The maximum absolute atomic E-state index is 11.6. The first-order valence-electron chi connectivity index (χ1n) is 9.88. The molecule has 0 radical (unpaired) electrons. The molecule has 158 valence electrons. The maximum Gasteiger partial charge on any atom is 0.321 e. The number of ether oxygens (including phenoxy) is 1. The molecular formula is C23H31NO5. The minimum atomic E-state index is -1.07. The van der Waals surface area contributed by atoms with Crippen molar-refractivity contribution in [3.8, 4) is 11.5 Å². The molecule has 2 rings (SSSR count). The van der Waals surface area contributed by atoms with Gasteiger partial charge < -0.3 is 14.9 Å². The third-order valence-corrected chi connectivity index (χ3v) is 4.05. The molecule has 2 atom stereocenters. The van der Waals surface area contributed by atoms with E-state index in [1.54, 1.807) is 24.3 Å². The van der Waals surface area contributed by atoms with E-state index in [0.717, 1.165) is 5.56 Å². The average molecular weight is 402 g/mol. The van der Waals surface area contributed by atoms with Crippen LogP contribution in [0.25, 0.3) is 0 Å². The first-order valence-corrected chi connectivity index (χ1v) is 9.88. The summed E-state index contributed by atoms with van der Waals surface area (Å²) in [5, 5.41) is 21.5. The summed E-state index contributed by atoms with van der Waals surface area (Å²) in [6.07, 6.45) is 0.547.